The first-order chi connectivity index (χ1) is 24.8. The van der Waals surface area contributed by atoms with Gasteiger partial charge in [-0.15, -0.1) is 0 Å². The number of benzene rings is 8. The molecule has 0 amide bonds. The second kappa shape index (κ2) is 11.5. The van der Waals surface area contributed by atoms with Crippen LogP contribution in [0.1, 0.15) is 0 Å². The standard InChI is InChI=1S/C47H29N3/c1-2-14-30(15-3-1)45-40-25-9-11-27-42(40)49-47(50-45)34-19-13-17-32(29-34)31-16-12-18-33(28-31)46-44-38-23-7-5-21-36(38)35-20-4-6-22-37(35)43(44)39-24-8-10-26-41(39)48-46/h1-29H. The Morgan fingerprint density at radius 1 is 0.260 bits per heavy atom. The normalized spacial score (nSPS) is 11.6. The van der Waals surface area contributed by atoms with Crippen LogP contribution < -0.4 is 0 Å². The van der Waals surface area contributed by atoms with Gasteiger partial charge in [0, 0.05) is 38.2 Å². The fourth-order valence-corrected chi connectivity index (χ4v) is 7.54. The maximum absolute atomic E-state index is 5.38. The molecule has 0 N–H and O–H groups in total. The van der Waals surface area contributed by atoms with E-state index in [2.05, 4.69) is 158 Å². The topological polar surface area (TPSA) is 38.7 Å². The largest absolute Gasteiger partial charge is 0.247 e. The highest BCUT2D eigenvalue weighted by atomic mass is 14.9. The molecule has 10 aromatic rings. The highest BCUT2D eigenvalue weighted by molar-refractivity contribution is 6.33. The van der Waals surface area contributed by atoms with E-state index in [1.807, 2.05) is 18.2 Å². The van der Waals surface area contributed by atoms with Crippen LogP contribution in [-0.2, 0) is 0 Å². The lowest BCUT2D eigenvalue weighted by molar-refractivity contribution is 1.23. The molecule has 3 nitrogen and oxygen atoms in total. The lowest BCUT2D eigenvalue weighted by Gasteiger charge is -2.16. The zero-order valence-corrected chi connectivity index (χ0v) is 27.1. The number of para-hydroxylation sites is 2. The lowest BCUT2D eigenvalue weighted by atomic mass is 9.89. The molecular weight excluding hydrogens is 607 g/mol. The van der Waals surface area contributed by atoms with Crippen molar-refractivity contribution in [2.75, 3.05) is 0 Å². The summed E-state index contributed by atoms with van der Waals surface area (Å²) < 4.78 is 0. The number of hydrogen-bond acceptors (Lipinski definition) is 3. The number of rotatable bonds is 4. The van der Waals surface area contributed by atoms with Gasteiger partial charge >= 0.3 is 0 Å². The van der Waals surface area contributed by atoms with Crippen molar-refractivity contribution < 1.29 is 0 Å². The molecule has 10 rings (SSSR count). The first kappa shape index (κ1) is 28.3. The quantitative estimate of drug-likeness (QED) is 0.181. The van der Waals surface area contributed by atoms with Crippen LogP contribution in [0, 0.1) is 0 Å². The minimum Gasteiger partial charge on any atom is -0.247 e. The Kier molecular flexibility index (Phi) is 6.49. The predicted molar refractivity (Wildman–Crippen MR) is 209 cm³/mol. The molecule has 0 aliphatic heterocycles. The van der Waals surface area contributed by atoms with Crippen molar-refractivity contribution in [3.8, 4) is 45.0 Å². The van der Waals surface area contributed by atoms with Crippen LogP contribution in [0.15, 0.2) is 176 Å². The molecule has 0 atom stereocenters. The van der Waals surface area contributed by atoms with Gasteiger partial charge in [-0.2, -0.15) is 0 Å². The van der Waals surface area contributed by atoms with E-state index in [1.54, 1.807) is 0 Å². The highest BCUT2D eigenvalue weighted by Crippen LogP contribution is 2.43. The predicted octanol–water partition coefficient (Wildman–Crippen LogP) is 12.3. The zero-order valence-electron chi connectivity index (χ0n) is 27.1. The molecule has 0 aliphatic carbocycles. The van der Waals surface area contributed by atoms with E-state index in [0.29, 0.717) is 5.82 Å². The van der Waals surface area contributed by atoms with Crippen LogP contribution in [0.25, 0.3) is 99.2 Å². The molecule has 2 heterocycles. The summed E-state index contributed by atoms with van der Waals surface area (Å²) >= 11 is 0. The third-order valence-corrected chi connectivity index (χ3v) is 9.82. The summed E-state index contributed by atoms with van der Waals surface area (Å²) in [5, 5.41) is 9.60. The van der Waals surface area contributed by atoms with Crippen molar-refractivity contribution in [1.82, 2.24) is 15.0 Å². The average Bonchev–Trinajstić information content (AvgIpc) is 3.20. The summed E-state index contributed by atoms with van der Waals surface area (Å²) in [7, 11) is 0. The number of hydrogen-bond donors (Lipinski definition) is 0. The van der Waals surface area contributed by atoms with Gasteiger partial charge in [-0.25, -0.2) is 15.0 Å². The molecular formula is C47H29N3. The Balaban J connectivity index is 1.17. The third-order valence-electron chi connectivity index (χ3n) is 9.82. The van der Waals surface area contributed by atoms with E-state index in [1.165, 1.54) is 37.7 Å². The molecule has 0 saturated carbocycles. The second-order valence-corrected chi connectivity index (χ2v) is 12.8. The molecule has 3 heteroatoms. The van der Waals surface area contributed by atoms with Gasteiger partial charge in [0.25, 0.3) is 0 Å². The van der Waals surface area contributed by atoms with E-state index in [4.69, 9.17) is 15.0 Å². The fraction of sp³-hybridized carbons (Fsp3) is 0. The van der Waals surface area contributed by atoms with Gasteiger partial charge in [0.05, 0.1) is 22.4 Å². The summed E-state index contributed by atoms with van der Waals surface area (Å²) in [6.07, 6.45) is 0. The maximum Gasteiger partial charge on any atom is 0.160 e. The van der Waals surface area contributed by atoms with E-state index in [-0.39, 0.29) is 0 Å². The van der Waals surface area contributed by atoms with Crippen molar-refractivity contribution >= 4 is 54.1 Å². The molecule has 2 aromatic heterocycles. The highest BCUT2D eigenvalue weighted by Gasteiger charge is 2.18. The molecule has 0 fully saturated rings. The number of nitrogens with zero attached hydrogens (tertiary/aromatic N) is 3. The smallest absolute Gasteiger partial charge is 0.160 e. The molecule has 0 radical (unpaired) electrons. The minimum absolute atomic E-state index is 0.709. The van der Waals surface area contributed by atoms with Crippen molar-refractivity contribution in [2.45, 2.75) is 0 Å². The third kappa shape index (κ3) is 4.56. The Hall–Kier alpha value is -6.71. The van der Waals surface area contributed by atoms with Crippen LogP contribution in [-0.4, -0.2) is 15.0 Å². The first-order valence-corrected chi connectivity index (χ1v) is 17.0. The molecule has 0 bridgehead atoms. The molecule has 0 spiro atoms. The van der Waals surface area contributed by atoms with Gasteiger partial charge < -0.3 is 0 Å². The SMILES string of the molecule is c1ccc(-c2nc(-c3cccc(-c4cccc(-c5nc6ccccc6c6c7ccccc7c7ccccc7c56)c4)c3)nc3ccccc23)cc1. The zero-order chi connectivity index (χ0) is 33.0. The van der Waals surface area contributed by atoms with Crippen molar-refractivity contribution in [3.63, 3.8) is 0 Å². The molecule has 50 heavy (non-hydrogen) atoms. The van der Waals surface area contributed by atoms with Crippen LogP contribution in [0.5, 0.6) is 0 Å². The van der Waals surface area contributed by atoms with Crippen LogP contribution in [0.4, 0.5) is 0 Å². The molecule has 232 valence electrons. The number of pyridine rings is 1. The fourth-order valence-electron chi connectivity index (χ4n) is 7.54. The van der Waals surface area contributed by atoms with Gasteiger partial charge in [-0.3, -0.25) is 0 Å². The minimum atomic E-state index is 0.709. The van der Waals surface area contributed by atoms with Gasteiger partial charge in [0.15, 0.2) is 5.82 Å². The molecule has 0 saturated heterocycles. The van der Waals surface area contributed by atoms with Gasteiger partial charge in [0.2, 0.25) is 0 Å². The van der Waals surface area contributed by atoms with Crippen LogP contribution in [0.2, 0.25) is 0 Å². The Bertz CT molecular complexity index is 2930. The van der Waals surface area contributed by atoms with E-state index in [9.17, 15) is 0 Å². The summed E-state index contributed by atoms with van der Waals surface area (Å²) in [4.78, 5) is 15.5. The monoisotopic (exact) mass is 635 g/mol. The van der Waals surface area contributed by atoms with Crippen molar-refractivity contribution in [2.24, 2.45) is 0 Å². The Labute approximate surface area is 289 Å². The Morgan fingerprint density at radius 3 is 1.44 bits per heavy atom. The summed E-state index contributed by atoms with van der Waals surface area (Å²) in [5.41, 5.74) is 9.19. The van der Waals surface area contributed by atoms with Crippen LogP contribution in [0.3, 0.4) is 0 Å². The molecule has 8 aromatic carbocycles. The van der Waals surface area contributed by atoms with E-state index < -0.39 is 0 Å². The second-order valence-electron chi connectivity index (χ2n) is 12.8. The summed E-state index contributed by atoms with van der Waals surface area (Å²) in [5.74, 6) is 0.709. The maximum atomic E-state index is 5.38. The number of aromatic nitrogens is 3. The summed E-state index contributed by atoms with van der Waals surface area (Å²) in [6, 6.07) is 62.0. The van der Waals surface area contributed by atoms with Gasteiger partial charge in [-0.1, -0.05) is 152 Å². The van der Waals surface area contributed by atoms with E-state index >= 15 is 0 Å². The van der Waals surface area contributed by atoms with E-state index in [0.717, 1.165) is 55.6 Å². The first-order valence-electron chi connectivity index (χ1n) is 17.0. The van der Waals surface area contributed by atoms with Crippen LogP contribution >= 0.6 is 0 Å². The van der Waals surface area contributed by atoms with Gasteiger partial charge in [-0.05, 0) is 56.9 Å². The molecule has 0 unspecified atom stereocenters. The average molecular weight is 636 g/mol. The Morgan fingerprint density at radius 2 is 0.740 bits per heavy atom. The van der Waals surface area contributed by atoms with Crippen molar-refractivity contribution in [3.05, 3.63) is 176 Å². The lowest BCUT2D eigenvalue weighted by Crippen LogP contribution is -1.95. The van der Waals surface area contributed by atoms with Gasteiger partial charge in [0.1, 0.15) is 0 Å². The van der Waals surface area contributed by atoms with Crippen molar-refractivity contribution in [1.29, 1.82) is 0 Å². The molecule has 0 aliphatic rings. The number of fused-ring (bicyclic) bond motifs is 9. The summed E-state index contributed by atoms with van der Waals surface area (Å²) in [6.45, 7) is 0.